The van der Waals surface area contributed by atoms with Gasteiger partial charge < -0.3 is 10.8 Å². The fourth-order valence-electron chi connectivity index (χ4n) is 0.633. The molecule has 0 unspecified atom stereocenters. The van der Waals surface area contributed by atoms with Crippen molar-refractivity contribution in [1.82, 2.24) is 0 Å². The third kappa shape index (κ3) is 1.48. The van der Waals surface area contributed by atoms with Crippen LogP contribution in [-0.2, 0) is 4.79 Å². The van der Waals surface area contributed by atoms with Crippen molar-refractivity contribution in [3.8, 4) is 0 Å². The summed E-state index contributed by atoms with van der Waals surface area (Å²) in [5, 5.41) is 8.53. The van der Waals surface area contributed by atoms with Crippen LogP contribution < -0.4 is 5.73 Å². The minimum atomic E-state index is -0.514. The molecular formula is C5H9LiNO2. The molecule has 1 aliphatic rings. The summed E-state index contributed by atoms with van der Waals surface area (Å²) in [7, 11) is 0. The Balaban J connectivity index is 0.000000640. The van der Waals surface area contributed by atoms with Gasteiger partial charge in [0, 0.05) is 18.9 Å². The van der Waals surface area contributed by atoms with E-state index in [-0.39, 0.29) is 31.4 Å². The SMILES string of the molecule is NC(=O)C1(CO)CC1.[Li]. The molecule has 0 atom stereocenters. The number of hydrogen-bond donors (Lipinski definition) is 2. The van der Waals surface area contributed by atoms with Crippen molar-refractivity contribution in [1.29, 1.82) is 0 Å². The van der Waals surface area contributed by atoms with Gasteiger partial charge in [-0.1, -0.05) is 0 Å². The summed E-state index contributed by atoms with van der Waals surface area (Å²) >= 11 is 0. The van der Waals surface area contributed by atoms with Crippen LogP contribution in [0.4, 0.5) is 0 Å². The second kappa shape index (κ2) is 2.74. The van der Waals surface area contributed by atoms with Crippen molar-refractivity contribution in [2.24, 2.45) is 11.1 Å². The Morgan fingerprint density at radius 2 is 2.11 bits per heavy atom. The molecule has 0 heterocycles. The number of aliphatic hydroxyl groups is 1. The van der Waals surface area contributed by atoms with Gasteiger partial charge >= 0.3 is 0 Å². The molecule has 3 N–H and O–H groups in total. The zero-order valence-corrected chi connectivity index (χ0v) is 5.55. The van der Waals surface area contributed by atoms with Gasteiger partial charge in [-0.2, -0.15) is 0 Å². The molecule has 1 rings (SSSR count). The normalized spacial score (nSPS) is 20.1. The van der Waals surface area contributed by atoms with E-state index < -0.39 is 5.41 Å². The first-order chi connectivity index (χ1) is 3.71. The first-order valence-corrected chi connectivity index (χ1v) is 2.62. The fraction of sp³-hybridized carbons (Fsp3) is 0.800. The van der Waals surface area contributed by atoms with Crippen molar-refractivity contribution in [3.05, 3.63) is 0 Å². The van der Waals surface area contributed by atoms with Gasteiger partial charge in [-0.3, -0.25) is 4.79 Å². The van der Waals surface area contributed by atoms with Crippen LogP contribution in [0.1, 0.15) is 12.8 Å². The van der Waals surface area contributed by atoms with E-state index in [1.165, 1.54) is 0 Å². The molecule has 0 aromatic carbocycles. The number of nitrogens with two attached hydrogens (primary N) is 1. The van der Waals surface area contributed by atoms with Gasteiger partial charge in [0.05, 0.1) is 12.0 Å². The van der Waals surface area contributed by atoms with Crippen LogP contribution in [0.2, 0.25) is 0 Å². The van der Waals surface area contributed by atoms with Gasteiger partial charge in [0.15, 0.2) is 0 Å². The van der Waals surface area contributed by atoms with Crippen LogP contribution in [0.5, 0.6) is 0 Å². The van der Waals surface area contributed by atoms with E-state index in [1.54, 1.807) is 0 Å². The molecule has 1 amide bonds. The molecule has 1 aliphatic carbocycles. The molecule has 1 saturated carbocycles. The Morgan fingerprint density at radius 1 is 1.67 bits per heavy atom. The van der Waals surface area contributed by atoms with Crippen LogP contribution >= 0.6 is 0 Å². The smallest absolute Gasteiger partial charge is 0.225 e. The minimum absolute atomic E-state index is 0. The minimum Gasteiger partial charge on any atom is -0.395 e. The Bertz CT molecular complexity index is 122. The summed E-state index contributed by atoms with van der Waals surface area (Å²) in [6, 6.07) is 0. The molecule has 4 heteroatoms. The first kappa shape index (κ1) is 9.03. The number of aliphatic hydroxyl groups excluding tert-OH is 1. The molecule has 1 radical (unpaired) electrons. The van der Waals surface area contributed by atoms with Crippen LogP contribution in [-0.4, -0.2) is 36.5 Å². The first-order valence-electron chi connectivity index (χ1n) is 2.62. The molecule has 0 aliphatic heterocycles. The van der Waals surface area contributed by atoms with E-state index in [0.29, 0.717) is 0 Å². The molecular weight excluding hydrogens is 113 g/mol. The number of amides is 1. The molecule has 0 bridgehead atoms. The van der Waals surface area contributed by atoms with E-state index in [9.17, 15) is 4.79 Å². The van der Waals surface area contributed by atoms with Gasteiger partial charge in [0.2, 0.25) is 5.91 Å². The molecule has 0 spiro atoms. The van der Waals surface area contributed by atoms with Crippen molar-refractivity contribution in [2.75, 3.05) is 6.61 Å². The third-order valence-electron chi connectivity index (χ3n) is 1.68. The summed E-state index contributed by atoms with van der Waals surface area (Å²) in [6.07, 6.45) is 1.53. The Morgan fingerprint density at radius 3 is 2.11 bits per heavy atom. The van der Waals surface area contributed by atoms with E-state index in [1.807, 2.05) is 0 Å². The van der Waals surface area contributed by atoms with Crippen molar-refractivity contribution in [3.63, 3.8) is 0 Å². The zero-order chi connectivity index (χ0) is 6.20. The molecule has 9 heavy (non-hydrogen) atoms. The third-order valence-corrected chi connectivity index (χ3v) is 1.68. The van der Waals surface area contributed by atoms with Crippen molar-refractivity contribution >= 4 is 24.8 Å². The van der Waals surface area contributed by atoms with Crippen LogP contribution in [0.25, 0.3) is 0 Å². The number of carbonyl (C=O) groups excluding carboxylic acids is 1. The summed E-state index contributed by atoms with van der Waals surface area (Å²) in [4.78, 5) is 10.4. The standard InChI is InChI=1S/C5H9NO2.Li/c6-4(8)5(3-7)1-2-5;/h7H,1-3H2,(H2,6,8);. The molecule has 0 saturated heterocycles. The zero-order valence-electron chi connectivity index (χ0n) is 5.55. The molecule has 47 valence electrons. The van der Waals surface area contributed by atoms with E-state index in [4.69, 9.17) is 10.8 Å². The Labute approximate surface area is 65.8 Å². The predicted molar refractivity (Wildman–Crippen MR) is 33.7 cm³/mol. The summed E-state index contributed by atoms with van der Waals surface area (Å²) < 4.78 is 0. The van der Waals surface area contributed by atoms with Crippen LogP contribution in [0.3, 0.4) is 0 Å². The number of hydrogen-bond acceptors (Lipinski definition) is 2. The Kier molecular flexibility index (Phi) is 2.75. The summed E-state index contributed by atoms with van der Waals surface area (Å²) in [6.45, 7) is -0.0810. The number of carbonyl (C=O) groups is 1. The maximum absolute atomic E-state index is 10.4. The topological polar surface area (TPSA) is 63.3 Å². The molecule has 3 nitrogen and oxygen atoms in total. The van der Waals surface area contributed by atoms with Crippen LogP contribution in [0.15, 0.2) is 0 Å². The van der Waals surface area contributed by atoms with E-state index in [2.05, 4.69) is 0 Å². The Hall–Kier alpha value is 0.0274. The summed E-state index contributed by atoms with van der Waals surface area (Å²) in [5.41, 5.74) is 4.43. The van der Waals surface area contributed by atoms with Crippen molar-refractivity contribution < 1.29 is 9.90 Å². The second-order valence-electron chi connectivity index (χ2n) is 2.30. The monoisotopic (exact) mass is 122 g/mol. The second-order valence-corrected chi connectivity index (χ2v) is 2.30. The van der Waals surface area contributed by atoms with Gasteiger partial charge in [0.1, 0.15) is 0 Å². The van der Waals surface area contributed by atoms with Gasteiger partial charge in [-0.05, 0) is 12.8 Å². The maximum Gasteiger partial charge on any atom is 0.225 e. The molecule has 0 aromatic rings. The van der Waals surface area contributed by atoms with E-state index in [0.717, 1.165) is 12.8 Å². The van der Waals surface area contributed by atoms with E-state index >= 15 is 0 Å². The average Bonchev–Trinajstić information content (AvgIpc) is 2.44. The average molecular weight is 122 g/mol. The summed E-state index contributed by atoms with van der Waals surface area (Å²) in [5.74, 6) is -0.361. The maximum atomic E-state index is 10.4. The van der Waals surface area contributed by atoms with Gasteiger partial charge in [-0.25, -0.2) is 0 Å². The fourth-order valence-corrected chi connectivity index (χ4v) is 0.633. The molecule has 0 aromatic heterocycles. The van der Waals surface area contributed by atoms with Gasteiger partial charge in [0.25, 0.3) is 0 Å². The van der Waals surface area contributed by atoms with Crippen molar-refractivity contribution in [2.45, 2.75) is 12.8 Å². The number of primary amides is 1. The number of rotatable bonds is 2. The predicted octanol–water partition coefficient (Wildman–Crippen LogP) is -1.14. The van der Waals surface area contributed by atoms with Gasteiger partial charge in [-0.15, -0.1) is 0 Å². The quantitative estimate of drug-likeness (QED) is 0.455. The molecule has 1 fully saturated rings. The largest absolute Gasteiger partial charge is 0.395 e. The van der Waals surface area contributed by atoms with Crippen LogP contribution in [0, 0.1) is 5.41 Å².